The molecular weight excluding hydrogens is 172 g/mol. The van der Waals surface area contributed by atoms with E-state index in [4.69, 9.17) is 0 Å². The van der Waals surface area contributed by atoms with Crippen molar-refractivity contribution < 1.29 is 4.79 Å². The Bertz CT molecular complexity index is 298. The molecule has 0 atom stereocenters. The smallest absolute Gasteiger partial charge is 0.185 e. The Labute approximate surface area is 85.5 Å². The van der Waals surface area contributed by atoms with Gasteiger partial charge in [-0.1, -0.05) is 56.2 Å². The van der Waals surface area contributed by atoms with E-state index >= 15 is 0 Å². The third-order valence-electron chi connectivity index (χ3n) is 2.05. The molecule has 74 valence electrons. The topological polar surface area (TPSA) is 17.1 Å². The zero-order valence-electron chi connectivity index (χ0n) is 8.57. The summed E-state index contributed by atoms with van der Waals surface area (Å²) in [5, 5.41) is 0. The van der Waals surface area contributed by atoms with Crippen molar-refractivity contribution >= 4 is 5.78 Å². The van der Waals surface area contributed by atoms with E-state index in [0.717, 1.165) is 18.4 Å². The Morgan fingerprint density at radius 1 is 1.29 bits per heavy atom. The molecule has 0 saturated heterocycles. The van der Waals surface area contributed by atoms with Crippen molar-refractivity contribution in [3.63, 3.8) is 0 Å². The van der Waals surface area contributed by atoms with Crippen LogP contribution in [0.1, 0.15) is 36.5 Å². The minimum absolute atomic E-state index is 0.0988. The van der Waals surface area contributed by atoms with Crippen LogP contribution in [0.3, 0.4) is 0 Å². The number of allylic oxidation sites excluding steroid dienone is 2. The Balaban J connectivity index is 2.47. The molecule has 0 aromatic heterocycles. The minimum Gasteiger partial charge on any atom is -0.289 e. The summed E-state index contributed by atoms with van der Waals surface area (Å²) in [6, 6.07) is 9.36. The highest BCUT2D eigenvalue weighted by atomic mass is 16.1. The van der Waals surface area contributed by atoms with Crippen molar-refractivity contribution in [1.82, 2.24) is 0 Å². The van der Waals surface area contributed by atoms with Gasteiger partial charge in [0, 0.05) is 5.56 Å². The van der Waals surface area contributed by atoms with Gasteiger partial charge in [-0.2, -0.15) is 0 Å². The van der Waals surface area contributed by atoms with E-state index in [-0.39, 0.29) is 5.78 Å². The molecule has 0 aliphatic rings. The minimum atomic E-state index is 0.0988. The molecule has 0 unspecified atom stereocenters. The first kappa shape index (κ1) is 10.7. The number of hydrogen-bond donors (Lipinski definition) is 0. The fraction of sp³-hybridized carbons (Fsp3) is 0.308. The zero-order valence-corrected chi connectivity index (χ0v) is 8.57. The number of benzene rings is 1. The summed E-state index contributed by atoms with van der Waals surface area (Å²) in [7, 11) is 0. The summed E-state index contributed by atoms with van der Waals surface area (Å²) >= 11 is 0. The summed E-state index contributed by atoms with van der Waals surface area (Å²) in [6.07, 6.45) is 6.95. The van der Waals surface area contributed by atoms with E-state index in [9.17, 15) is 4.79 Å². The molecule has 1 heteroatoms. The zero-order chi connectivity index (χ0) is 10.2. The molecule has 14 heavy (non-hydrogen) atoms. The number of carbonyl (C=O) groups is 1. The summed E-state index contributed by atoms with van der Waals surface area (Å²) < 4.78 is 0. The second-order valence-electron chi connectivity index (χ2n) is 3.27. The molecule has 0 spiro atoms. The van der Waals surface area contributed by atoms with Crippen LogP contribution in [0.4, 0.5) is 0 Å². The molecule has 1 aromatic carbocycles. The van der Waals surface area contributed by atoms with Crippen LogP contribution >= 0.6 is 0 Å². The monoisotopic (exact) mass is 188 g/mol. The van der Waals surface area contributed by atoms with Gasteiger partial charge in [0.2, 0.25) is 0 Å². The van der Waals surface area contributed by atoms with Gasteiger partial charge >= 0.3 is 0 Å². The van der Waals surface area contributed by atoms with Crippen molar-refractivity contribution in [2.75, 3.05) is 0 Å². The molecular formula is C13H16O. The Morgan fingerprint density at radius 3 is 2.64 bits per heavy atom. The number of carbonyl (C=O) groups excluding carboxylic acids is 1. The van der Waals surface area contributed by atoms with E-state index in [2.05, 4.69) is 6.92 Å². The maximum Gasteiger partial charge on any atom is 0.185 e. The van der Waals surface area contributed by atoms with Crippen molar-refractivity contribution in [3.8, 4) is 0 Å². The average molecular weight is 188 g/mol. The highest BCUT2D eigenvalue weighted by Crippen LogP contribution is 2.02. The van der Waals surface area contributed by atoms with Crippen LogP contribution in [0.15, 0.2) is 42.5 Å². The lowest BCUT2D eigenvalue weighted by Gasteiger charge is -1.93. The van der Waals surface area contributed by atoms with Gasteiger partial charge in [0.15, 0.2) is 5.78 Å². The molecule has 0 fully saturated rings. The highest BCUT2D eigenvalue weighted by Gasteiger charge is 1.97. The second kappa shape index (κ2) is 6.14. The second-order valence-corrected chi connectivity index (χ2v) is 3.27. The van der Waals surface area contributed by atoms with Crippen LogP contribution in [0.25, 0.3) is 0 Å². The van der Waals surface area contributed by atoms with Crippen molar-refractivity contribution in [2.24, 2.45) is 0 Å². The van der Waals surface area contributed by atoms with Crippen LogP contribution in [-0.4, -0.2) is 5.78 Å². The van der Waals surface area contributed by atoms with Crippen molar-refractivity contribution in [1.29, 1.82) is 0 Å². The first-order chi connectivity index (χ1) is 6.84. The molecule has 0 bridgehead atoms. The standard InChI is InChI=1S/C13H16O/c1-2-3-4-8-11-13(14)12-9-6-5-7-10-12/h5-11H,2-4H2,1H3. The lowest BCUT2D eigenvalue weighted by atomic mass is 10.1. The van der Waals surface area contributed by atoms with Crippen LogP contribution in [0.2, 0.25) is 0 Å². The van der Waals surface area contributed by atoms with E-state index < -0.39 is 0 Å². The Hall–Kier alpha value is -1.37. The number of ketones is 1. The largest absolute Gasteiger partial charge is 0.289 e. The summed E-state index contributed by atoms with van der Waals surface area (Å²) in [5.41, 5.74) is 0.764. The molecule has 1 aromatic rings. The van der Waals surface area contributed by atoms with Crippen LogP contribution in [0.5, 0.6) is 0 Å². The van der Waals surface area contributed by atoms with Gasteiger partial charge in [0.1, 0.15) is 0 Å². The molecule has 0 aliphatic heterocycles. The predicted molar refractivity (Wildman–Crippen MR) is 59.4 cm³/mol. The molecule has 0 N–H and O–H groups in total. The predicted octanol–water partition coefficient (Wildman–Crippen LogP) is 3.62. The average Bonchev–Trinajstić information content (AvgIpc) is 2.25. The number of rotatable bonds is 5. The summed E-state index contributed by atoms with van der Waals surface area (Å²) in [6.45, 7) is 2.15. The summed E-state index contributed by atoms with van der Waals surface area (Å²) in [5.74, 6) is 0.0988. The number of unbranched alkanes of at least 4 members (excludes halogenated alkanes) is 2. The maximum atomic E-state index is 11.5. The van der Waals surface area contributed by atoms with E-state index in [1.807, 2.05) is 36.4 Å². The van der Waals surface area contributed by atoms with Crippen molar-refractivity contribution in [3.05, 3.63) is 48.0 Å². The Kier molecular flexibility index (Phi) is 4.70. The fourth-order valence-electron chi connectivity index (χ4n) is 1.21. The Morgan fingerprint density at radius 2 is 2.00 bits per heavy atom. The lowest BCUT2D eigenvalue weighted by Crippen LogP contribution is -1.92. The van der Waals surface area contributed by atoms with E-state index in [0.29, 0.717) is 0 Å². The molecule has 1 rings (SSSR count). The first-order valence-electron chi connectivity index (χ1n) is 5.10. The summed E-state index contributed by atoms with van der Waals surface area (Å²) in [4.78, 5) is 11.5. The molecule has 0 radical (unpaired) electrons. The van der Waals surface area contributed by atoms with Gasteiger partial charge in [-0.25, -0.2) is 0 Å². The van der Waals surface area contributed by atoms with Crippen LogP contribution < -0.4 is 0 Å². The van der Waals surface area contributed by atoms with Gasteiger partial charge in [-0.3, -0.25) is 4.79 Å². The first-order valence-corrected chi connectivity index (χ1v) is 5.10. The maximum absolute atomic E-state index is 11.5. The normalized spacial score (nSPS) is 10.6. The molecule has 0 saturated carbocycles. The van der Waals surface area contributed by atoms with Gasteiger partial charge < -0.3 is 0 Å². The van der Waals surface area contributed by atoms with Crippen LogP contribution in [0, 0.1) is 0 Å². The fourth-order valence-corrected chi connectivity index (χ4v) is 1.21. The SMILES string of the molecule is CCCCC=CC(=O)c1ccccc1. The van der Waals surface area contributed by atoms with Crippen LogP contribution in [-0.2, 0) is 0 Å². The molecule has 0 heterocycles. The molecule has 0 aliphatic carbocycles. The number of hydrogen-bond acceptors (Lipinski definition) is 1. The third kappa shape index (κ3) is 3.56. The van der Waals surface area contributed by atoms with E-state index in [1.165, 1.54) is 6.42 Å². The molecule has 1 nitrogen and oxygen atoms in total. The van der Waals surface area contributed by atoms with Crippen molar-refractivity contribution in [2.45, 2.75) is 26.2 Å². The van der Waals surface area contributed by atoms with E-state index in [1.54, 1.807) is 6.08 Å². The van der Waals surface area contributed by atoms with Gasteiger partial charge in [-0.05, 0) is 12.5 Å². The third-order valence-corrected chi connectivity index (χ3v) is 2.05. The van der Waals surface area contributed by atoms with Gasteiger partial charge in [0.05, 0.1) is 0 Å². The lowest BCUT2D eigenvalue weighted by molar-refractivity contribution is 0.104. The quantitative estimate of drug-likeness (QED) is 0.392. The van der Waals surface area contributed by atoms with Gasteiger partial charge in [-0.15, -0.1) is 0 Å². The highest BCUT2D eigenvalue weighted by molar-refractivity contribution is 6.04. The molecule has 0 amide bonds. The van der Waals surface area contributed by atoms with Gasteiger partial charge in [0.25, 0.3) is 0 Å².